The number of hydrogen-bond donors (Lipinski definition) is 2. The van der Waals surface area contributed by atoms with E-state index in [0.717, 1.165) is 5.82 Å². The first-order chi connectivity index (χ1) is 11.1. The fourth-order valence-corrected chi connectivity index (χ4v) is 2.29. The van der Waals surface area contributed by atoms with Crippen molar-refractivity contribution in [2.24, 2.45) is 12.0 Å². The molecule has 2 rings (SSSR count). The molecule has 1 aliphatic rings. The van der Waals surface area contributed by atoms with E-state index in [4.69, 9.17) is 0 Å². The van der Waals surface area contributed by atoms with E-state index in [1.165, 1.54) is 11.2 Å². The van der Waals surface area contributed by atoms with Gasteiger partial charge < -0.3 is 10.6 Å². The number of hydrogen-bond acceptors (Lipinski definition) is 5. The van der Waals surface area contributed by atoms with E-state index in [-0.39, 0.29) is 11.8 Å². The molecule has 1 fully saturated rings. The predicted molar refractivity (Wildman–Crippen MR) is 84.4 cm³/mol. The Kier molecular flexibility index (Phi) is 6.07. The Balaban J connectivity index is 1.85. The largest absolute Gasteiger partial charge is 0.357 e. The highest BCUT2D eigenvalue weighted by atomic mass is 16.2. The number of guanidine groups is 1. The Hall–Kier alpha value is -2.45. The first kappa shape index (κ1) is 16.9. The summed E-state index contributed by atoms with van der Waals surface area (Å²) < 4.78 is 1.66. The summed E-state index contributed by atoms with van der Waals surface area (Å²) in [5.41, 5.74) is 0. The van der Waals surface area contributed by atoms with Crippen LogP contribution < -0.4 is 10.6 Å². The third-order valence-electron chi connectivity index (χ3n) is 3.54. The van der Waals surface area contributed by atoms with E-state index in [0.29, 0.717) is 51.4 Å². The molecule has 2 N–H and O–H groups in total. The summed E-state index contributed by atoms with van der Waals surface area (Å²) >= 11 is 0. The third-order valence-corrected chi connectivity index (χ3v) is 3.54. The lowest BCUT2D eigenvalue weighted by molar-refractivity contribution is -0.147. The van der Waals surface area contributed by atoms with Crippen LogP contribution in [0.2, 0.25) is 0 Å². The fraction of sp³-hybridized carbons (Fsp3) is 0.643. The molecule has 0 atom stereocenters. The maximum absolute atomic E-state index is 11.7. The number of nitrogens with one attached hydrogen (secondary N) is 2. The van der Waals surface area contributed by atoms with Gasteiger partial charge in [-0.2, -0.15) is 5.10 Å². The van der Waals surface area contributed by atoms with E-state index in [9.17, 15) is 9.59 Å². The Morgan fingerprint density at radius 2 is 2.04 bits per heavy atom. The number of likely N-dealkylation sites (tertiary alicyclic amines) is 1. The topological polar surface area (TPSA) is 105 Å². The second-order valence-corrected chi connectivity index (χ2v) is 5.21. The van der Waals surface area contributed by atoms with E-state index in [2.05, 4.69) is 25.7 Å². The highest BCUT2D eigenvalue weighted by Gasteiger charge is 2.25. The van der Waals surface area contributed by atoms with Crippen LogP contribution >= 0.6 is 0 Å². The highest BCUT2D eigenvalue weighted by molar-refractivity contribution is 5.97. The molecule has 0 spiro atoms. The Morgan fingerprint density at radius 3 is 2.65 bits per heavy atom. The molecule has 0 bridgehead atoms. The standard InChI is InChI=1S/C14H23N7O2/c1-3-15-14(17-9-11-18-10-19-20(11)2)16-7-8-21-12(22)5-4-6-13(21)23/h10H,3-9H2,1-2H3,(H2,15,16,17). The Morgan fingerprint density at radius 1 is 1.30 bits per heavy atom. The molecule has 9 heteroatoms. The van der Waals surface area contributed by atoms with Gasteiger partial charge in [0.15, 0.2) is 5.96 Å². The second-order valence-electron chi connectivity index (χ2n) is 5.21. The summed E-state index contributed by atoms with van der Waals surface area (Å²) in [6.07, 6.45) is 3.04. The number of aryl methyl sites for hydroxylation is 1. The quantitative estimate of drug-likeness (QED) is 0.412. The van der Waals surface area contributed by atoms with Gasteiger partial charge in [0.25, 0.3) is 0 Å². The molecule has 23 heavy (non-hydrogen) atoms. The number of piperidine rings is 1. The molecule has 9 nitrogen and oxygen atoms in total. The van der Waals surface area contributed by atoms with Gasteiger partial charge >= 0.3 is 0 Å². The minimum Gasteiger partial charge on any atom is -0.357 e. The van der Waals surface area contributed by atoms with Gasteiger partial charge in [-0.25, -0.2) is 9.98 Å². The molecule has 1 aromatic heterocycles. The number of amides is 2. The van der Waals surface area contributed by atoms with Gasteiger partial charge in [0.05, 0.1) is 0 Å². The van der Waals surface area contributed by atoms with Crippen LogP contribution in [0.5, 0.6) is 0 Å². The van der Waals surface area contributed by atoms with E-state index >= 15 is 0 Å². The summed E-state index contributed by atoms with van der Waals surface area (Å²) in [4.78, 5) is 33.3. The average Bonchev–Trinajstić information content (AvgIpc) is 2.93. The van der Waals surface area contributed by atoms with Crippen molar-refractivity contribution in [2.45, 2.75) is 32.7 Å². The van der Waals surface area contributed by atoms with Gasteiger partial charge in [0, 0.05) is 39.5 Å². The molecule has 126 valence electrons. The van der Waals surface area contributed by atoms with E-state index < -0.39 is 0 Å². The maximum Gasteiger partial charge on any atom is 0.229 e. The van der Waals surface area contributed by atoms with E-state index in [1.54, 1.807) is 4.68 Å². The maximum atomic E-state index is 11.7. The number of carbonyl (C=O) groups excluding carboxylic acids is 2. The SMILES string of the molecule is CCNC(=NCc1ncnn1C)NCCN1C(=O)CCCC1=O. The molecule has 2 amide bonds. The number of aromatic nitrogens is 3. The van der Waals surface area contributed by atoms with Crippen molar-refractivity contribution in [1.29, 1.82) is 0 Å². The number of aliphatic imine (C=N–C) groups is 1. The van der Waals surface area contributed by atoms with Gasteiger partial charge in [-0.15, -0.1) is 0 Å². The first-order valence-corrected chi connectivity index (χ1v) is 7.80. The molecule has 1 saturated heterocycles. The zero-order valence-electron chi connectivity index (χ0n) is 13.6. The summed E-state index contributed by atoms with van der Waals surface area (Å²) in [5.74, 6) is 1.18. The zero-order chi connectivity index (χ0) is 16.7. The number of nitrogens with zero attached hydrogens (tertiary/aromatic N) is 5. The molecular formula is C14H23N7O2. The van der Waals surface area contributed by atoms with Gasteiger partial charge in [-0.1, -0.05) is 0 Å². The van der Waals surface area contributed by atoms with Crippen molar-refractivity contribution in [3.63, 3.8) is 0 Å². The highest BCUT2D eigenvalue weighted by Crippen LogP contribution is 2.11. The monoisotopic (exact) mass is 321 g/mol. The summed E-state index contributed by atoms with van der Waals surface area (Å²) in [6, 6.07) is 0. The minimum atomic E-state index is -0.0934. The fourth-order valence-electron chi connectivity index (χ4n) is 2.29. The summed E-state index contributed by atoms with van der Waals surface area (Å²) in [5, 5.41) is 10.2. The van der Waals surface area contributed by atoms with Gasteiger partial charge in [0.1, 0.15) is 18.7 Å². The second kappa shape index (κ2) is 8.25. The van der Waals surface area contributed by atoms with Crippen LogP contribution in [-0.2, 0) is 23.2 Å². The molecule has 1 aromatic rings. The predicted octanol–water partition coefficient (Wildman–Crippen LogP) is -0.591. The Labute approximate surface area is 135 Å². The lowest BCUT2D eigenvalue weighted by Gasteiger charge is -2.25. The smallest absolute Gasteiger partial charge is 0.229 e. The Bertz CT molecular complexity index is 565. The van der Waals surface area contributed by atoms with Crippen LogP contribution in [0.15, 0.2) is 11.3 Å². The van der Waals surface area contributed by atoms with Crippen LogP contribution in [0, 0.1) is 0 Å². The van der Waals surface area contributed by atoms with Crippen LogP contribution in [-0.4, -0.2) is 57.1 Å². The van der Waals surface area contributed by atoms with Crippen LogP contribution in [0.25, 0.3) is 0 Å². The summed E-state index contributed by atoms with van der Waals surface area (Å²) in [7, 11) is 1.81. The van der Waals surface area contributed by atoms with Crippen LogP contribution in [0.4, 0.5) is 0 Å². The molecule has 0 saturated carbocycles. The molecule has 2 heterocycles. The van der Waals surface area contributed by atoms with Gasteiger partial charge in [0.2, 0.25) is 11.8 Å². The molecule has 0 radical (unpaired) electrons. The van der Waals surface area contributed by atoms with Gasteiger partial charge in [-0.05, 0) is 13.3 Å². The molecule has 0 unspecified atom stereocenters. The number of carbonyl (C=O) groups is 2. The van der Waals surface area contributed by atoms with Gasteiger partial charge in [-0.3, -0.25) is 19.2 Å². The van der Waals surface area contributed by atoms with Crippen LogP contribution in [0.3, 0.4) is 0 Å². The van der Waals surface area contributed by atoms with Crippen molar-refractivity contribution >= 4 is 17.8 Å². The molecule has 0 aromatic carbocycles. The van der Waals surface area contributed by atoms with Crippen molar-refractivity contribution in [1.82, 2.24) is 30.3 Å². The van der Waals surface area contributed by atoms with Crippen LogP contribution in [0.1, 0.15) is 32.0 Å². The number of rotatable bonds is 6. The summed E-state index contributed by atoms with van der Waals surface area (Å²) in [6.45, 7) is 3.89. The average molecular weight is 321 g/mol. The molecule has 1 aliphatic heterocycles. The zero-order valence-corrected chi connectivity index (χ0v) is 13.6. The normalized spacial score (nSPS) is 15.9. The third kappa shape index (κ3) is 4.76. The van der Waals surface area contributed by atoms with Crippen molar-refractivity contribution in [3.8, 4) is 0 Å². The molecule has 0 aliphatic carbocycles. The van der Waals surface area contributed by atoms with Crippen molar-refractivity contribution in [2.75, 3.05) is 19.6 Å². The number of imide groups is 1. The van der Waals surface area contributed by atoms with Crippen molar-refractivity contribution in [3.05, 3.63) is 12.2 Å². The lowest BCUT2D eigenvalue weighted by Crippen LogP contribution is -2.46. The first-order valence-electron chi connectivity index (χ1n) is 7.80. The lowest BCUT2D eigenvalue weighted by atomic mass is 10.1. The van der Waals surface area contributed by atoms with Crippen molar-refractivity contribution < 1.29 is 9.59 Å². The molecular weight excluding hydrogens is 298 g/mol. The minimum absolute atomic E-state index is 0.0934. The van der Waals surface area contributed by atoms with E-state index in [1.807, 2.05) is 14.0 Å².